The number of rotatable bonds is 3. The largest absolute Gasteiger partial charge is 0.506 e. The highest BCUT2D eigenvalue weighted by Crippen LogP contribution is 2.51. The number of nitrogens with zero attached hydrogens (tertiary/aromatic N) is 3. The van der Waals surface area contributed by atoms with Gasteiger partial charge in [0.25, 0.3) is 5.91 Å². The molecule has 1 fully saturated rings. The molecule has 2 heterocycles. The molecule has 0 aliphatic carbocycles. The number of fused-ring (bicyclic) bond motifs is 1. The van der Waals surface area contributed by atoms with Crippen LogP contribution in [0.1, 0.15) is 19.4 Å². The van der Waals surface area contributed by atoms with E-state index < -0.39 is 0 Å². The molecule has 1 N–H and O–H groups in total. The number of hydrogen-bond acceptors (Lipinski definition) is 6. The van der Waals surface area contributed by atoms with E-state index in [1.807, 2.05) is 38.1 Å². The summed E-state index contributed by atoms with van der Waals surface area (Å²) in [6, 6.07) is 11.1. The van der Waals surface area contributed by atoms with Crippen LogP contribution >= 0.6 is 35.1 Å². The Morgan fingerprint density at radius 1 is 1.07 bits per heavy atom. The molecule has 0 atom stereocenters. The predicted molar refractivity (Wildman–Crippen MR) is 122 cm³/mol. The molecule has 2 aliphatic rings. The van der Waals surface area contributed by atoms with Crippen LogP contribution in [0.2, 0.25) is 5.02 Å². The molecule has 0 aromatic heterocycles. The summed E-state index contributed by atoms with van der Waals surface area (Å²) in [5.41, 5.74) is 2.43. The molecule has 2 aromatic carbocycles. The zero-order valence-corrected chi connectivity index (χ0v) is 18.7. The number of halogens is 1. The first-order chi connectivity index (χ1) is 13.9. The van der Waals surface area contributed by atoms with Gasteiger partial charge in [-0.2, -0.15) is 0 Å². The SMILES string of the molecule is CCN1C(=O)/C(=C2/Sc3ccc(Cl)cc3N2CC)SC1=Nc1ccc(C)cc1O. The minimum Gasteiger partial charge on any atom is -0.506 e. The standard InChI is InChI=1S/C21H20ClN3O2S2/c1-4-24-15-11-13(22)7-9-17(15)28-20(24)18-19(27)25(5-2)21(29-18)23-14-8-6-12(3)10-16(14)26/h6-11,26H,4-5H2,1-3H3/b20-18-,23-21?. The highest BCUT2D eigenvalue weighted by atomic mass is 35.5. The first-order valence-corrected chi connectivity index (χ1v) is 11.3. The van der Waals surface area contributed by atoms with Gasteiger partial charge in [0.05, 0.1) is 5.69 Å². The normalized spacial score (nSPS) is 20.1. The fraction of sp³-hybridized carbons (Fsp3) is 0.238. The second kappa shape index (κ2) is 7.97. The Balaban J connectivity index is 1.76. The first kappa shape index (κ1) is 20.2. The molecule has 2 aromatic rings. The quantitative estimate of drug-likeness (QED) is 0.610. The number of thioether (sulfide) groups is 2. The number of carbonyl (C=O) groups is 1. The van der Waals surface area contributed by atoms with Gasteiger partial charge in [-0.05, 0) is 68.4 Å². The van der Waals surface area contributed by atoms with Crippen molar-refractivity contribution >= 4 is 57.6 Å². The van der Waals surface area contributed by atoms with Crippen molar-refractivity contribution in [1.29, 1.82) is 0 Å². The Kier molecular flexibility index (Phi) is 5.55. The van der Waals surface area contributed by atoms with Crippen molar-refractivity contribution in [3.05, 3.63) is 56.9 Å². The molecule has 0 saturated carbocycles. The van der Waals surface area contributed by atoms with Gasteiger partial charge in [0.15, 0.2) is 5.17 Å². The second-order valence-electron chi connectivity index (χ2n) is 6.63. The monoisotopic (exact) mass is 445 g/mol. The fourth-order valence-electron chi connectivity index (χ4n) is 3.27. The number of likely N-dealkylation sites (N-methyl/N-ethyl adjacent to an activating group) is 1. The molecule has 1 saturated heterocycles. The van der Waals surface area contributed by atoms with Gasteiger partial charge < -0.3 is 10.0 Å². The van der Waals surface area contributed by atoms with Crippen molar-refractivity contribution in [2.45, 2.75) is 25.7 Å². The number of phenolic OH excluding ortho intramolecular Hbond substituents is 1. The summed E-state index contributed by atoms with van der Waals surface area (Å²) in [5, 5.41) is 12.4. The van der Waals surface area contributed by atoms with Crippen molar-refractivity contribution in [2.75, 3.05) is 18.0 Å². The lowest BCUT2D eigenvalue weighted by Gasteiger charge is -2.19. The van der Waals surface area contributed by atoms with Gasteiger partial charge in [0.2, 0.25) is 0 Å². The Morgan fingerprint density at radius 3 is 2.52 bits per heavy atom. The van der Waals surface area contributed by atoms with Crippen molar-refractivity contribution in [3.63, 3.8) is 0 Å². The summed E-state index contributed by atoms with van der Waals surface area (Å²) in [4.78, 5) is 23.3. The number of anilines is 1. The van der Waals surface area contributed by atoms with Crippen LogP contribution in [0.5, 0.6) is 5.75 Å². The summed E-state index contributed by atoms with van der Waals surface area (Å²) in [7, 11) is 0. The van der Waals surface area contributed by atoms with E-state index in [4.69, 9.17) is 11.6 Å². The molecule has 8 heteroatoms. The maximum Gasteiger partial charge on any atom is 0.269 e. The van der Waals surface area contributed by atoms with Crippen LogP contribution < -0.4 is 4.90 Å². The van der Waals surface area contributed by atoms with Crippen LogP contribution in [0, 0.1) is 6.92 Å². The van der Waals surface area contributed by atoms with E-state index in [1.165, 1.54) is 11.8 Å². The Hall–Kier alpha value is -2.09. The van der Waals surface area contributed by atoms with Crippen LogP contribution in [0.25, 0.3) is 0 Å². The number of aryl methyl sites for hydroxylation is 1. The van der Waals surface area contributed by atoms with E-state index in [1.54, 1.807) is 28.8 Å². The number of amidine groups is 1. The zero-order chi connectivity index (χ0) is 20.7. The van der Waals surface area contributed by atoms with Gasteiger partial charge in [-0.3, -0.25) is 9.69 Å². The number of carbonyl (C=O) groups excluding carboxylic acids is 1. The third-order valence-corrected chi connectivity index (χ3v) is 7.31. The Bertz CT molecular complexity index is 1070. The Labute approximate surface area is 183 Å². The van der Waals surface area contributed by atoms with Crippen molar-refractivity contribution in [1.82, 2.24) is 4.90 Å². The van der Waals surface area contributed by atoms with Crippen LogP contribution in [-0.4, -0.2) is 34.2 Å². The topological polar surface area (TPSA) is 56.1 Å². The number of phenols is 1. The second-order valence-corrected chi connectivity index (χ2v) is 9.08. The minimum absolute atomic E-state index is 0.0669. The fourth-order valence-corrected chi connectivity index (χ4v) is 5.86. The molecule has 0 bridgehead atoms. The molecule has 4 rings (SSSR count). The van der Waals surface area contributed by atoms with Crippen molar-refractivity contribution in [2.24, 2.45) is 4.99 Å². The number of aliphatic imine (C=N–C) groups is 1. The van der Waals surface area contributed by atoms with Crippen LogP contribution in [-0.2, 0) is 4.79 Å². The van der Waals surface area contributed by atoms with Crippen molar-refractivity contribution in [3.8, 4) is 5.75 Å². The summed E-state index contributed by atoms with van der Waals surface area (Å²) in [6.45, 7) is 7.11. The van der Waals surface area contributed by atoms with Gasteiger partial charge in [-0.25, -0.2) is 4.99 Å². The van der Waals surface area contributed by atoms with E-state index >= 15 is 0 Å². The average molecular weight is 446 g/mol. The third kappa shape index (κ3) is 3.63. The van der Waals surface area contributed by atoms with Crippen LogP contribution in [0.4, 0.5) is 11.4 Å². The molecular formula is C21H20ClN3O2S2. The first-order valence-electron chi connectivity index (χ1n) is 9.30. The molecule has 29 heavy (non-hydrogen) atoms. The van der Waals surface area contributed by atoms with E-state index in [9.17, 15) is 9.90 Å². The number of benzene rings is 2. The molecule has 0 spiro atoms. The maximum atomic E-state index is 13.2. The lowest BCUT2D eigenvalue weighted by atomic mass is 10.2. The number of aromatic hydroxyl groups is 1. The maximum absolute atomic E-state index is 13.2. The average Bonchev–Trinajstić information content (AvgIpc) is 3.20. The van der Waals surface area contributed by atoms with Gasteiger partial charge in [-0.1, -0.05) is 29.4 Å². The molecule has 1 amide bonds. The lowest BCUT2D eigenvalue weighted by molar-refractivity contribution is -0.122. The molecule has 0 unspecified atom stereocenters. The van der Waals surface area contributed by atoms with Gasteiger partial charge in [-0.15, -0.1) is 0 Å². The minimum atomic E-state index is -0.0669. The molecule has 0 radical (unpaired) electrons. The molecule has 2 aliphatic heterocycles. The van der Waals surface area contributed by atoms with E-state index in [-0.39, 0.29) is 11.7 Å². The lowest BCUT2D eigenvalue weighted by Crippen LogP contribution is -2.29. The molecule has 150 valence electrons. The van der Waals surface area contributed by atoms with Crippen molar-refractivity contribution < 1.29 is 9.90 Å². The summed E-state index contributed by atoms with van der Waals surface area (Å²) in [5.74, 6) is 0.0397. The number of hydrogen-bond donors (Lipinski definition) is 1. The molecular weight excluding hydrogens is 426 g/mol. The predicted octanol–water partition coefficient (Wildman–Crippen LogP) is 5.74. The van der Waals surface area contributed by atoms with E-state index in [0.29, 0.717) is 27.3 Å². The smallest absolute Gasteiger partial charge is 0.269 e. The van der Waals surface area contributed by atoms with Gasteiger partial charge >= 0.3 is 0 Å². The zero-order valence-electron chi connectivity index (χ0n) is 16.3. The summed E-state index contributed by atoms with van der Waals surface area (Å²) < 4.78 is 0. The number of amides is 1. The third-order valence-electron chi connectivity index (χ3n) is 4.70. The van der Waals surface area contributed by atoms with Gasteiger partial charge in [0, 0.05) is 23.0 Å². The summed E-state index contributed by atoms with van der Waals surface area (Å²) in [6.07, 6.45) is 0. The van der Waals surface area contributed by atoms with E-state index in [0.717, 1.165) is 27.7 Å². The highest BCUT2D eigenvalue weighted by molar-refractivity contribution is 8.19. The summed E-state index contributed by atoms with van der Waals surface area (Å²) >= 11 is 9.12. The molecule has 5 nitrogen and oxygen atoms in total. The van der Waals surface area contributed by atoms with Gasteiger partial charge in [0.1, 0.15) is 21.4 Å². The van der Waals surface area contributed by atoms with E-state index in [2.05, 4.69) is 16.8 Å². The Morgan fingerprint density at radius 2 is 1.83 bits per heavy atom. The highest BCUT2D eigenvalue weighted by Gasteiger charge is 2.39. The van der Waals surface area contributed by atoms with Crippen LogP contribution in [0.3, 0.4) is 0 Å². The van der Waals surface area contributed by atoms with Crippen LogP contribution in [0.15, 0.2) is 56.2 Å².